The molecular weight excluding hydrogens is 276 g/mol. The molecule has 0 aliphatic carbocycles. The van der Waals surface area contributed by atoms with E-state index in [2.05, 4.69) is 24.5 Å². The van der Waals surface area contributed by atoms with Crippen LogP contribution in [0.5, 0.6) is 0 Å². The summed E-state index contributed by atoms with van der Waals surface area (Å²) < 4.78 is 0. The second-order valence-electron chi connectivity index (χ2n) is 5.79. The number of carbonyl (C=O) groups excluding carboxylic acids is 2. The maximum Gasteiger partial charge on any atom is 0.309 e. The predicted octanol–water partition coefficient (Wildman–Crippen LogP) is 2.94. The van der Waals surface area contributed by atoms with Gasteiger partial charge in [-0.1, -0.05) is 62.9 Å². The number of aryl methyl sites for hydroxylation is 1. The van der Waals surface area contributed by atoms with Crippen LogP contribution in [0.2, 0.25) is 0 Å². The molecule has 0 saturated carbocycles. The van der Waals surface area contributed by atoms with E-state index in [0.717, 1.165) is 31.2 Å². The highest BCUT2D eigenvalue weighted by molar-refractivity contribution is 6.35. The third-order valence-corrected chi connectivity index (χ3v) is 3.87. The average molecular weight is 304 g/mol. The number of nitrogens with one attached hydrogen (secondary N) is 2. The fraction of sp³-hybridized carbons (Fsp3) is 0.556. The molecule has 0 aliphatic heterocycles. The lowest BCUT2D eigenvalue weighted by molar-refractivity contribution is -0.139. The summed E-state index contributed by atoms with van der Waals surface area (Å²) >= 11 is 0. The Morgan fingerprint density at radius 2 is 1.68 bits per heavy atom. The van der Waals surface area contributed by atoms with E-state index < -0.39 is 11.8 Å². The fourth-order valence-corrected chi connectivity index (χ4v) is 2.23. The van der Waals surface area contributed by atoms with Crippen LogP contribution in [-0.4, -0.2) is 18.4 Å². The Morgan fingerprint density at radius 3 is 2.27 bits per heavy atom. The van der Waals surface area contributed by atoms with Gasteiger partial charge >= 0.3 is 11.8 Å². The second-order valence-corrected chi connectivity index (χ2v) is 5.79. The van der Waals surface area contributed by atoms with Gasteiger partial charge < -0.3 is 10.6 Å². The molecule has 0 heterocycles. The summed E-state index contributed by atoms with van der Waals surface area (Å²) in [6.07, 6.45) is 4.43. The number of hydrogen-bond donors (Lipinski definition) is 2. The van der Waals surface area contributed by atoms with E-state index in [0.29, 0.717) is 19.0 Å². The topological polar surface area (TPSA) is 58.2 Å². The summed E-state index contributed by atoms with van der Waals surface area (Å²) in [6.45, 7) is 7.24. The Balaban J connectivity index is 2.32. The quantitative estimate of drug-likeness (QED) is 0.725. The van der Waals surface area contributed by atoms with Gasteiger partial charge in [0.25, 0.3) is 0 Å². The first-order valence-electron chi connectivity index (χ1n) is 8.18. The highest BCUT2D eigenvalue weighted by Crippen LogP contribution is 2.11. The summed E-state index contributed by atoms with van der Waals surface area (Å²) in [5, 5.41) is 5.39. The van der Waals surface area contributed by atoms with Gasteiger partial charge in [0.1, 0.15) is 0 Å². The van der Waals surface area contributed by atoms with Crippen molar-refractivity contribution in [1.82, 2.24) is 10.6 Å². The minimum absolute atomic E-state index is 0.375. The minimum Gasteiger partial charge on any atom is -0.348 e. The molecular formula is C18H28N2O2. The molecule has 122 valence electrons. The van der Waals surface area contributed by atoms with E-state index >= 15 is 0 Å². The lowest BCUT2D eigenvalue weighted by atomic mass is 9.99. The molecule has 1 aromatic carbocycles. The lowest BCUT2D eigenvalue weighted by Gasteiger charge is -2.15. The first kappa shape index (κ1) is 18.2. The number of carbonyl (C=O) groups is 2. The summed E-state index contributed by atoms with van der Waals surface area (Å²) in [6, 6.07) is 7.87. The molecule has 0 bridgehead atoms. The first-order valence-corrected chi connectivity index (χ1v) is 8.18. The maximum atomic E-state index is 11.8. The zero-order chi connectivity index (χ0) is 16.4. The van der Waals surface area contributed by atoms with Crippen molar-refractivity contribution in [3.8, 4) is 0 Å². The van der Waals surface area contributed by atoms with Gasteiger partial charge in [-0.05, 0) is 24.8 Å². The van der Waals surface area contributed by atoms with Crippen LogP contribution >= 0.6 is 0 Å². The normalized spacial score (nSPS) is 11.8. The molecule has 0 spiro atoms. The van der Waals surface area contributed by atoms with E-state index in [1.165, 1.54) is 5.56 Å². The van der Waals surface area contributed by atoms with Crippen LogP contribution in [-0.2, 0) is 16.1 Å². The average Bonchev–Trinajstić information content (AvgIpc) is 2.54. The van der Waals surface area contributed by atoms with Crippen molar-refractivity contribution >= 4 is 11.8 Å². The van der Waals surface area contributed by atoms with E-state index in [1.807, 2.05) is 31.2 Å². The second kappa shape index (κ2) is 9.98. The number of hydrogen-bond acceptors (Lipinski definition) is 2. The van der Waals surface area contributed by atoms with Gasteiger partial charge in [0.15, 0.2) is 0 Å². The summed E-state index contributed by atoms with van der Waals surface area (Å²) in [4.78, 5) is 23.6. The van der Waals surface area contributed by atoms with Crippen LogP contribution in [0.4, 0.5) is 0 Å². The molecule has 0 aromatic heterocycles. The van der Waals surface area contributed by atoms with E-state index in [4.69, 9.17) is 0 Å². The Morgan fingerprint density at radius 1 is 1.05 bits per heavy atom. The highest BCUT2D eigenvalue weighted by atomic mass is 16.2. The Kier molecular flexibility index (Phi) is 8.26. The van der Waals surface area contributed by atoms with Gasteiger partial charge in [-0.3, -0.25) is 9.59 Å². The smallest absolute Gasteiger partial charge is 0.309 e. The van der Waals surface area contributed by atoms with Crippen molar-refractivity contribution in [2.24, 2.45) is 5.92 Å². The SMILES string of the molecule is CCCC[C@@H](CC)CNC(=O)C(=O)NCc1ccc(C)cc1. The molecule has 0 radical (unpaired) electrons. The molecule has 4 heteroatoms. The molecule has 4 nitrogen and oxygen atoms in total. The molecule has 1 atom stereocenters. The van der Waals surface area contributed by atoms with E-state index in [1.54, 1.807) is 0 Å². The molecule has 0 aliphatic rings. The lowest BCUT2D eigenvalue weighted by Crippen LogP contribution is -2.41. The van der Waals surface area contributed by atoms with Gasteiger partial charge in [0, 0.05) is 13.1 Å². The molecule has 0 saturated heterocycles. The predicted molar refractivity (Wildman–Crippen MR) is 89.3 cm³/mol. The summed E-state index contributed by atoms with van der Waals surface area (Å²) in [5.41, 5.74) is 2.16. The van der Waals surface area contributed by atoms with Crippen LogP contribution < -0.4 is 10.6 Å². The number of unbranched alkanes of at least 4 members (excludes halogenated alkanes) is 1. The third kappa shape index (κ3) is 6.74. The van der Waals surface area contributed by atoms with Crippen LogP contribution in [0.1, 0.15) is 50.7 Å². The van der Waals surface area contributed by atoms with Crippen LogP contribution in [0, 0.1) is 12.8 Å². The third-order valence-electron chi connectivity index (χ3n) is 3.87. The number of benzene rings is 1. The van der Waals surface area contributed by atoms with Gasteiger partial charge in [-0.2, -0.15) is 0 Å². The van der Waals surface area contributed by atoms with Gasteiger partial charge in [-0.25, -0.2) is 0 Å². The van der Waals surface area contributed by atoms with Crippen molar-refractivity contribution in [1.29, 1.82) is 0 Å². The Hall–Kier alpha value is -1.84. The van der Waals surface area contributed by atoms with Crippen molar-refractivity contribution in [2.75, 3.05) is 6.54 Å². The van der Waals surface area contributed by atoms with Gasteiger partial charge in [0.05, 0.1) is 0 Å². The molecule has 2 amide bonds. The zero-order valence-electron chi connectivity index (χ0n) is 13.9. The Bertz CT molecular complexity index is 468. The maximum absolute atomic E-state index is 11.8. The fourth-order valence-electron chi connectivity index (χ4n) is 2.23. The largest absolute Gasteiger partial charge is 0.348 e. The Labute approximate surface area is 133 Å². The highest BCUT2D eigenvalue weighted by Gasteiger charge is 2.14. The van der Waals surface area contributed by atoms with E-state index in [-0.39, 0.29) is 0 Å². The molecule has 1 rings (SSSR count). The number of amides is 2. The van der Waals surface area contributed by atoms with Crippen molar-refractivity contribution in [3.63, 3.8) is 0 Å². The molecule has 1 aromatic rings. The summed E-state index contributed by atoms with van der Waals surface area (Å²) in [5.74, 6) is -0.651. The zero-order valence-corrected chi connectivity index (χ0v) is 13.9. The van der Waals surface area contributed by atoms with Gasteiger partial charge in [-0.15, -0.1) is 0 Å². The molecule has 22 heavy (non-hydrogen) atoms. The van der Waals surface area contributed by atoms with Crippen molar-refractivity contribution < 1.29 is 9.59 Å². The number of rotatable bonds is 8. The minimum atomic E-state index is -0.564. The van der Waals surface area contributed by atoms with Gasteiger partial charge in [0.2, 0.25) is 0 Å². The molecule has 0 unspecified atom stereocenters. The van der Waals surface area contributed by atoms with Crippen molar-refractivity contribution in [2.45, 2.75) is 53.0 Å². The molecule has 2 N–H and O–H groups in total. The molecule has 0 fully saturated rings. The first-order chi connectivity index (χ1) is 10.6. The van der Waals surface area contributed by atoms with E-state index in [9.17, 15) is 9.59 Å². The summed E-state index contributed by atoms with van der Waals surface area (Å²) in [7, 11) is 0. The van der Waals surface area contributed by atoms with Crippen LogP contribution in [0.15, 0.2) is 24.3 Å². The monoisotopic (exact) mass is 304 g/mol. The van der Waals surface area contributed by atoms with Crippen LogP contribution in [0.3, 0.4) is 0 Å². The van der Waals surface area contributed by atoms with Crippen LogP contribution in [0.25, 0.3) is 0 Å². The standard InChI is InChI=1S/C18H28N2O2/c1-4-6-7-15(5-2)12-19-17(21)18(22)20-13-16-10-8-14(3)9-11-16/h8-11,15H,4-7,12-13H2,1-3H3,(H,19,21)(H,20,22)/t15-/m1/s1. The van der Waals surface area contributed by atoms with Crippen molar-refractivity contribution in [3.05, 3.63) is 35.4 Å².